The van der Waals surface area contributed by atoms with Crippen molar-refractivity contribution < 1.29 is 0 Å². The van der Waals surface area contributed by atoms with E-state index in [2.05, 4.69) is 24.1 Å². The molecule has 0 aliphatic carbocycles. The fourth-order valence-corrected chi connectivity index (χ4v) is 2.42. The number of nitrogens with one attached hydrogen (secondary N) is 1. The lowest BCUT2D eigenvalue weighted by molar-refractivity contribution is 0.303. The zero-order valence-electron chi connectivity index (χ0n) is 11.6. The van der Waals surface area contributed by atoms with E-state index < -0.39 is 0 Å². The van der Waals surface area contributed by atoms with Gasteiger partial charge in [0.15, 0.2) is 0 Å². The maximum Gasteiger partial charge on any atom is 0.105 e. The van der Waals surface area contributed by atoms with Crippen molar-refractivity contribution in [1.29, 1.82) is 0 Å². The quantitative estimate of drug-likeness (QED) is 0.572. The van der Waals surface area contributed by atoms with Crippen LogP contribution in [0.2, 0.25) is 5.02 Å². The second-order valence-corrected chi connectivity index (χ2v) is 5.21. The van der Waals surface area contributed by atoms with E-state index in [-0.39, 0.29) is 0 Å². The summed E-state index contributed by atoms with van der Waals surface area (Å²) in [5.41, 5.74) is 7.30. The summed E-state index contributed by atoms with van der Waals surface area (Å²) in [5.74, 6) is 0. The lowest BCUT2D eigenvalue weighted by Crippen LogP contribution is -2.25. The molecule has 19 heavy (non-hydrogen) atoms. The molecule has 0 unspecified atom stereocenters. The Morgan fingerprint density at radius 2 is 2.05 bits per heavy atom. The highest BCUT2D eigenvalue weighted by Gasteiger charge is 2.04. The fraction of sp³-hybridized carbons (Fsp3) is 0.500. The van der Waals surface area contributed by atoms with E-state index in [1.165, 1.54) is 0 Å². The van der Waals surface area contributed by atoms with Crippen LogP contribution in [0.25, 0.3) is 0 Å². The predicted molar refractivity (Wildman–Crippen MR) is 88.2 cm³/mol. The number of halogens is 1. The lowest BCUT2D eigenvalue weighted by atomic mass is 10.2. The van der Waals surface area contributed by atoms with Crippen LogP contribution in [0.4, 0.5) is 5.69 Å². The number of thiocarbonyl (C=S) groups is 1. The molecule has 1 aromatic rings. The van der Waals surface area contributed by atoms with E-state index in [4.69, 9.17) is 29.6 Å². The second kappa shape index (κ2) is 8.35. The van der Waals surface area contributed by atoms with Crippen LogP contribution in [-0.2, 0) is 0 Å². The molecule has 0 fully saturated rings. The summed E-state index contributed by atoms with van der Waals surface area (Å²) in [6.07, 6.45) is 1.11. The molecular weight excluding hydrogens is 278 g/mol. The van der Waals surface area contributed by atoms with Crippen molar-refractivity contribution in [3.05, 3.63) is 28.8 Å². The van der Waals surface area contributed by atoms with Crippen LogP contribution in [0.15, 0.2) is 18.2 Å². The van der Waals surface area contributed by atoms with Crippen LogP contribution in [0.5, 0.6) is 0 Å². The molecule has 0 aromatic heterocycles. The molecule has 0 spiro atoms. The topological polar surface area (TPSA) is 41.3 Å². The largest absolute Gasteiger partial charge is 0.389 e. The number of rotatable bonds is 8. The highest BCUT2D eigenvalue weighted by atomic mass is 35.5. The van der Waals surface area contributed by atoms with Gasteiger partial charge in [0.1, 0.15) is 4.99 Å². The van der Waals surface area contributed by atoms with Crippen molar-refractivity contribution in [2.75, 3.05) is 31.5 Å². The fourth-order valence-electron chi connectivity index (χ4n) is 1.90. The first-order valence-corrected chi connectivity index (χ1v) is 7.42. The molecule has 0 amide bonds. The van der Waals surface area contributed by atoms with Crippen molar-refractivity contribution in [2.24, 2.45) is 5.73 Å². The summed E-state index contributed by atoms with van der Waals surface area (Å²) in [4.78, 5) is 2.74. The summed E-state index contributed by atoms with van der Waals surface area (Å²) in [5, 5.41) is 3.96. The molecule has 0 aliphatic heterocycles. The van der Waals surface area contributed by atoms with Crippen molar-refractivity contribution in [2.45, 2.75) is 20.3 Å². The van der Waals surface area contributed by atoms with Gasteiger partial charge in [-0.05, 0) is 44.3 Å². The molecule has 106 valence electrons. The molecule has 0 heterocycles. The minimum Gasteiger partial charge on any atom is -0.389 e. The molecule has 1 aromatic carbocycles. The SMILES string of the molecule is CCN(CC)CCCNc1ccc(C(N)=S)c(Cl)c1. The minimum absolute atomic E-state index is 0.332. The van der Waals surface area contributed by atoms with Crippen molar-refractivity contribution in [3.63, 3.8) is 0 Å². The Bertz CT molecular complexity index is 419. The molecular formula is C14H22ClN3S. The first-order valence-electron chi connectivity index (χ1n) is 6.64. The standard InChI is InChI=1S/C14H22ClN3S/c1-3-18(4-2)9-5-8-17-11-6-7-12(14(16)19)13(15)10-11/h6-7,10,17H,3-5,8-9H2,1-2H3,(H2,16,19). The number of anilines is 1. The van der Waals surface area contributed by atoms with Crippen LogP contribution >= 0.6 is 23.8 Å². The predicted octanol–water partition coefficient (Wildman–Crippen LogP) is 3.12. The van der Waals surface area contributed by atoms with Gasteiger partial charge in [0, 0.05) is 17.8 Å². The van der Waals surface area contributed by atoms with E-state index in [1.54, 1.807) is 0 Å². The van der Waals surface area contributed by atoms with Gasteiger partial charge in [0.25, 0.3) is 0 Å². The zero-order valence-corrected chi connectivity index (χ0v) is 13.2. The molecule has 0 saturated carbocycles. The van der Waals surface area contributed by atoms with Gasteiger partial charge in [0.05, 0.1) is 5.02 Å². The number of hydrogen-bond donors (Lipinski definition) is 2. The monoisotopic (exact) mass is 299 g/mol. The summed E-state index contributed by atoms with van der Waals surface area (Å²) in [6, 6.07) is 5.68. The van der Waals surface area contributed by atoms with Crippen molar-refractivity contribution in [3.8, 4) is 0 Å². The molecule has 5 heteroatoms. The molecule has 3 nitrogen and oxygen atoms in total. The van der Waals surface area contributed by atoms with E-state index in [1.807, 2.05) is 18.2 Å². The van der Waals surface area contributed by atoms with Gasteiger partial charge in [0.2, 0.25) is 0 Å². The Kier molecular flexibility index (Phi) is 7.13. The summed E-state index contributed by atoms with van der Waals surface area (Å²) >= 11 is 11.0. The Hall–Kier alpha value is -0.840. The first-order chi connectivity index (χ1) is 9.08. The molecule has 0 radical (unpaired) electrons. The van der Waals surface area contributed by atoms with Gasteiger partial charge in [-0.2, -0.15) is 0 Å². The normalized spacial score (nSPS) is 10.7. The van der Waals surface area contributed by atoms with Crippen molar-refractivity contribution >= 4 is 34.5 Å². The number of benzene rings is 1. The van der Waals surface area contributed by atoms with E-state index in [0.29, 0.717) is 10.0 Å². The van der Waals surface area contributed by atoms with Crippen molar-refractivity contribution in [1.82, 2.24) is 4.90 Å². The van der Waals surface area contributed by atoms with E-state index in [0.717, 1.165) is 43.9 Å². The second-order valence-electron chi connectivity index (χ2n) is 4.37. The summed E-state index contributed by atoms with van der Waals surface area (Å²) in [6.45, 7) is 8.62. The minimum atomic E-state index is 0.332. The molecule has 0 atom stereocenters. The van der Waals surface area contributed by atoms with Gasteiger partial charge in [-0.1, -0.05) is 37.7 Å². The Balaban J connectivity index is 2.42. The smallest absolute Gasteiger partial charge is 0.105 e. The van der Waals surface area contributed by atoms with Crippen LogP contribution in [0, 0.1) is 0 Å². The van der Waals surface area contributed by atoms with Gasteiger partial charge in [-0.25, -0.2) is 0 Å². The average molecular weight is 300 g/mol. The number of nitrogens with two attached hydrogens (primary N) is 1. The van der Waals surface area contributed by atoms with Gasteiger partial charge >= 0.3 is 0 Å². The molecule has 0 saturated heterocycles. The third-order valence-electron chi connectivity index (χ3n) is 3.11. The summed E-state index contributed by atoms with van der Waals surface area (Å²) < 4.78 is 0. The third-order valence-corrected chi connectivity index (χ3v) is 3.64. The number of nitrogens with zero attached hydrogens (tertiary/aromatic N) is 1. The number of hydrogen-bond acceptors (Lipinski definition) is 3. The van der Waals surface area contributed by atoms with E-state index in [9.17, 15) is 0 Å². The van der Waals surface area contributed by atoms with Crippen LogP contribution in [0.1, 0.15) is 25.8 Å². The molecule has 0 aliphatic rings. The highest BCUT2D eigenvalue weighted by molar-refractivity contribution is 7.80. The molecule has 1 rings (SSSR count). The molecule has 0 bridgehead atoms. The van der Waals surface area contributed by atoms with Gasteiger partial charge in [-0.3, -0.25) is 0 Å². The maximum atomic E-state index is 6.12. The average Bonchev–Trinajstić information content (AvgIpc) is 2.38. The Labute approximate surface area is 126 Å². The highest BCUT2D eigenvalue weighted by Crippen LogP contribution is 2.20. The Morgan fingerprint density at radius 3 is 2.58 bits per heavy atom. The summed E-state index contributed by atoms with van der Waals surface area (Å²) in [7, 11) is 0. The molecule has 3 N–H and O–H groups in total. The van der Waals surface area contributed by atoms with E-state index >= 15 is 0 Å². The zero-order chi connectivity index (χ0) is 14.3. The van der Waals surface area contributed by atoms with Gasteiger partial charge in [-0.15, -0.1) is 0 Å². The maximum absolute atomic E-state index is 6.12. The van der Waals surface area contributed by atoms with Crippen LogP contribution in [-0.4, -0.2) is 36.1 Å². The Morgan fingerprint density at radius 1 is 1.37 bits per heavy atom. The first kappa shape index (κ1) is 16.2. The van der Waals surface area contributed by atoms with Gasteiger partial charge < -0.3 is 16.0 Å². The third kappa shape index (κ3) is 5.35. The van der Waals surface area contributed by atoms with Crippen LogP contribution in [0.3, 0.4) is 0 Å². The lowest BCUT2D eigenvalue weighted by Gasteiger charge is -2.18. The van der Waals surface area contributed by atoms with Crippen LogP contribution < -0.4 is 11.1 Å².